The molecule has 0 amide bonds. The molecule has 0 spiro atoms. The molecule has 0 fully saturated rings. The van der Waals surface area contributed by atoms with Gasteiger partial charge in [-0.3, -0.25) is 25.0 Å². The first-order valence-corrected chi connectivity index (χ1v) is 34.7. The SMILES string of the molecule is CC1=NC(c2cc(C)sc2C)c2cc(F)ccc2N1.Cc1cc(C2N=CNC3=C2CCCC3)c(C)s1.Cc1cc(C2N=CNc3c(F)cccc32)c(C)s1.Cc1cc(C2N=CNc3cc(F)ccc32)c(C)s1.Fc1cc2c(c(-c3c(F)sc4ccccc34)c1)CN=CN2. The average Bonchev–Trinajstić information content (AvgIpc) is 1.81. The van der Waals surface area contributed by atoms with Crippen LogP contribution in [0.2, 0.25) is 0 Å². The van der Waals surface area contributed by atoms with Crippen molar-refractivity contribution in [2.24, 2.45) is 25.0 Å². The Balaban J connectivity index is 0.000000112. The number of nitrogens with one attached hydrogen (secondary N) is 5. The summed E-state index contributed by atoms with van der Waals surface area (Å²) in [6.45, 7) is 19.3. The maximum Gasteiger partial charge on any atom is 0.185 e. The summed E-state index contributed by atoms with van der Waals surface area (Å²) in [6, 6.07) is 33.9. The summed E-state index contributed by atoms with van der Waals surface area (Å²) in [6.07, 6.45) is 11.7. The van der Waals surface area contributed by atoms with E-state index in [4.69, 9.17) is 0 Å². The lowest BCUT2D eigenvalue weighted by Crippen LogP contribution is -2.23. The van der Waals surface area contributed by atoms with Crippen LogP contribution in [-0.4, -0.2) is 31.2 Å². The number of thiophene rings is 5. The predicted octanol–water partition coefficient (Wildman–Crippen LogP) is 21.2. The van der Waals surface area contributed by atoms with Crippen molar-refractivity contribution >= 4 is 121 Å². The predicted molar refractivity (Wildman–Crippen MR) is 384 cm³/mol. The third kappa shape index (κ3) is 14.1. The van der Waals surface area contributed by atoms with Gasteiger partial charge in [-0.15, -0.1) is 56.7 Å². The van der Waals surface area contributed by atoms with Crippen LogP contribution in [-0.2, 0) is 6.54 Å². The first-order valence-electron chi connectivity index (χ1n) is 30.6. The van der Waals surface area contributed by atoms with Crippen molar-refractivity contribution in [2.75, 3.05) is 21.3 Å². The van der Waals surface area contributed by atoms with Crippen LogP contribution < -0.4 is 26.6 Å². The molecular weight excluding hydrogens is 1270 g/mol. The molecule has 0 radical (unpaired) electrons. The van der Waals surface area contributed by atoms with Crippen molar-refractivity contribution in [3.8, 4) is 11.1 Å². The second kappa shape index (κ2) is 28.0. The average molecular weight is 1340 g/mol. The minimum Gasteiger partial charge on any atom is -0.350 e. The summed E-state index contributed by atoms with van der Waals surface area (Å²) < 4.78 is 69.6. The van der Waals surface area contributed by atoms with Crippen molar-refractivity contribution in [3.05, 3.63) is 238 Å². The quantitative estimate of drug-likeness (QED) is 0.110. The zero-order valence-corrected chi connectivity index (χ0v) is 56.9. The topological polar surface area (TPSA) is 122 Å². The van der Waals surface area contributed by atoms with E-state index in [9.17, 15) is 22.0 Å². The fraction of sp³-hybridized carbons (Fsp3) is 0.247. The van der Waals surface area contributed by atoms with Gasteiger partial charge in [0.2, 0.25) is 0 Å². The second-order valence-corrected chi connectivity index (χ2v) is 30.3. The number of rotatable bonds is 5. The van der Waals surface area contributed by atoms with Crippen molar-refractivity contribution in [1.82, 2.24) is 5.32 Å². The molecule has 10 aromatic rings. The summed E-state index contributed by atoms with van der Waals surface area (Å²) in [5.41, 5.74) is 15.6. The van der Waals surface area contributed by atoms with Crippen LogP contribution in [0.1, 0.15) is 140 Å². The number of hydrogen-bond acceptors (Lipinski definition) is 15. The lowest BCUT2D eigenvalue weighted by atomic mass is 9.87. The highest BCUT2D eigenvalue weighted by atomic mass is 32.1. The Morgan fingerprint density at radius 1 is 0.441 bits per heavy atom. The fourth-order valence-electron chi connectivity index (χ4n) is 12.7. The Morgan fingerprint density at radius 3 is 1.69 bits per heavy atom. The van der Waals surface area contributed by atoms with Crippen LogP contribution in [0.3, 0.4) is 0 Å². The monoisotopic (exact) mass is 1340 g/mol. The molecule has 0 saturated carbocycles. The highest BCUT2D eigenvalue weighted by Crippen LogP contribution is 2.45. The number of aliphatic imine (C=N–C) groups is 5. The number of para-hydroxylation sites is 1. The molecule has 10 nitrogen and oxygen atoms in total. The minimum atomic E-state index is -0.388. The van der Waals surface area contributed by atoms with Gasteiger partial charge < -0.3 is 26.6 Å². The van der Waals surface area contributed by atoms with Crippen molar-refractivity contribution in [1.29, 1.82) is 0 Å². The normalized spacial score (nSPS) is 17.6. The molecular formula is C73H69F5N10S5. The number of aryl methyl sites for hydroxylation is 8. The van der Waals surface area contributed by atoms with E-state index in [2.05, 4.69) is 131 Å². The van der Waals surface area contributed by atoms with E-state index in [1.165, 1.54) is 141 Å². The summed E-state index contributed by atoms with van der Waals surface area (Å²) in [5.74, 6) is -0.194. The Hall–Kier alpha value is -8.40. The van der Waals surface area contributed by atoms with E-state index in [1.54, 1.807) is 64.9 Å². The minimum absolute atomic E-state index is 0.0215. The van der Waals surface area contributed by atoms with Gasteiger partial charge in [0.25, 0.3) is 0 Å². The third-order valence-electron chi connectivity index (χ3n) is 16.9. The van der Waals surface area contributed by atoms with E-state index in [-0.39, 0.29) is 52.6 Å². The summed E-state index contributed by atoms with van der Waals surface area (Å²) in [5, 5.41) is 15.9. The van der Waals surface area contributed by atoms with E-state index in [0.29, 0.717) is 29.0 Å². The van der Waals surface area contributed by atoms with Crippen LogP contribution in [0.25, 0.3) is 21.2 Å². The molecule has 4 unspecified atom stereocenters. The molecule has 10 heterocycles. The molecule has 20 heteroatoms. The molecule has 4 atom stereocenters. The number of fused-ring (bicyclic) bond motifs is 5. The van der Waals surface area contributed by atoms with Gasteiger partial charge in [-0.2, -0.15) is 4.39 Å². The maximum atomic E-state index is 14.4. The van der Waals surface area contributed by atoms with Gasteiger partial charge >= 0.3 is 0 Å². The van der Waals surface area contributed by atoms with E-state index < -0.39 is 0 Å². The Labute approximate surface area is 558 Å². The van der Waals surface area contributed by atoms with E-state index >= 15 is 0 Å². The van der Waals surface area contributed by atoms with Crippen molar-refractivity contribution in [2.45, 2.75) is 119 Å². The first kappa shape index (κ1) is 64.7. The van der Waals surface area contributed by atoms with Crippen LogP contribution in [0, 0.1) is 83.8 Å². The number of hydrogen-bond donors (Lipinski definition) is 5. The van der Waals surface area contributed by atoms with E-state index in [0.717, 1.165) is 60.9 Å². The molecule has 16 rings (SSSR count). The van der Waals surface area contributed by atoms with Gasteiger partial charge in [-0.25, -0.2) is 17.6 Å². The van der Waals surface area contributed by atoms with E-state index in [1.807, 2.05) is 61.0 Å². The zero-order valence-electron chi connectivity index (χ0n) is 52.8. The molecule has 1 aliphatic carbocycles. The molecule has 5 aliphatic heterocycles. The van der Waals surface area contributed by atoms with Crippen molar-refractivity contribution < 1.29 is 22.0 Å². The van der Waals surface area contributed by atoms with Gasteiger partial charge in [0.1, 0.15) is 47.4 Å². The molecule has 93 heavy (non-hydrogen) atoms. The number of nitrogens with zero attached hydrogens (tertiary/aromatic N) is 5. The van der Waals surface area contributed by atoms with Gasteiger partial charge in [0.05, 0.1) is 43.4 Å². The van der Waals surface area contributed by atoms with Crippen LogP contribution in [0.15, 0.2) is 151 Å². The molecule has 5 aromatic carbocycles. The van der Waals surface area contributed by atoms with Gasteiger partial charge in [0, 0.05) is 99.7 Å². The molecule has 5 aromatic heterocycles. The Morgan fingerprint density at radius 2 is 1.01 bits per heavy atom. The lowest BCUT2D eigenvalue weighted by Gasteiger charge is -2.28. The third-order valence-corrected chi connectivity index (χ3v) is 21.8. The number of benzene rings is 5. The standard InChI is InChI=1S/C16H10F2N2S.C15H15FN2S.2C14H13FN2S.C14H18N2S/c17-9-5-11(12-7-19-8-20-13(12)6-9)15-10-3-1-2-4-14(10)21-16(15)18;1-8-6-12(9(2)19-8)15-13-7-11(16)4-5-14(13)17-10(3)18-15;1-8-5-12(9(2)18-8)14-11-4-3-10(15)6-13(11)16-7-17-14;1-8-6-11(9(2)18-8)13-10-4-3-5-12(15)14(10)17-7-16-13;1-9-7-12(10(2)17-9)14-11-5-3-4-6-13(11)15-8-16-14/h1-6,8H,7H2,(H,19,20);4-7,15H,1-3H3,(H,17,18);3-7,14H,1-2H3,(H,16,17);3-7,13H,1-2H3,(H,16,17);7-8,14H,3-6H2,1-2H3,(H,15,16). The largest absolute Gasteiger partial charge is 0.350 e. The van der Waals surface area contributed by atoms with Gasteiger partial charge in [-0.1, -0.05) is 36.4 Å². The summed E-state index contributed by atoms with van der Waals surface area (Å²) in [4.78, 5) is 32.8. The first-order chi connectivity index (χ1) is 44.8. The van der Waals surface area contributed by atoms with Gasteiger partial charge in [0.15, 0.2) is 5.13 Å². The van der Waals surface area contributed by atoms with Crippen LogP contribution in [0.4, 0.5) is 44.7 Å². The number of allylic oxidation sites excluding steroid dienone is 1. The number of anilines is 4. The summed E-state index contributed by atoms with van der Waals surface area (Å²) >= 11 is 8.25. The van der Waals surface area contributed by atoms with Gasteiger partial charge in [-0.05, 0) is 200 Å². The second-order valence-electron chi connectivity index (χ2n) is 23.4. The summed E-state index contributed by atoms with van der Waals surface area (Å²) in [7, 11) is 0. The van der Waals surface area contributed by atoms with Crippen LogP contribution >= 0.6 is 56.7 Å². The number of amidine groups is 1. The Bertz CT molecular complexity index is 4660. The highest BCUT2D eigenvalue weighted by Gasteiger charge is 2.29. The molecule has 6 aliphatic rings. The maximum absolute atomic E-state index is 14.4. The molecule has 476 valence electrons. The smallest absolute Gasteiger partial charge is 0.185 e. The van der Waals surface area contributed by atoms with Crippen molar-refractivity contribution in [3.63, 3.8) is 0 Å². The fourth-order valence-corrected chi connectivity index (χ4v) is 17.5. The lowest BCUT2D eigenvalue weighted by molar-refractivity contribution is 0.596. The Kier molecular flexibility index (Phi) is 19.5. The van der Waals surface area contributed by atoms with Crippen LogP contribution in [0.5, 0.6) is 0 Å². The number of halogens is 5. The zero-order chi connectivity index (χ0) is 65.2. The molecule has 5 N–H and O–H groups in total. The highest BCUT2D eigenvalue weighted by molar-refractivity contribution is 7.18. The molecule has 0 bridgehead atoms. The molecule has 0 saturated heterocycles.